The van der Waals surface area contributed by atoms with Crippen LogP contribution in [0.4, 0.5) is 10.1 Å². The van der Waals surface area contributed by atoms with E-state index in [0.29, 0.717) is 35.4 Å². The topological polar surface area (TPSA) is 97.0 Å². The van der Waals surface area contributed by atoms with Crippen LogP contribution >= 0.6 is 0 Å². The molecule has 0 spiro atoms. The fraction of sp³-hybridized carbons (Fsp3) is 0.444. The van der Waals surface area contributed by atoms with Gasteiger partial charge in [0.2, 0.25) is 11.8 Å². The molecule has 0 radical (unpaired) electrons. The standard InChI is InChI=1S/C27H32FN3O5/c1-16(2)26(33)30-19-7-10-23-21(12-19)27(34)31(3)22-9-8-20(36-24(22)15-35-23)13-25(32)29-14-17-5-4-6-18(28)11-17/h4-7,10-12,16,20,22,24H,8-9,13-15H2,1-3H3,(H,29,32)(H,30,33)/t20-,22-,24+/m1/s1. The van der Waals surface area contributed by atoms with E-state index in [-0.39, 0.29) is 67.3 Å². The smallest absolute Gasteiger partial charge is 0.257 e. The highest BCUT2D eigenvalue weighted by atomic mass is 19.1. The third-order valence-corrected chi connectivity index (χ3v) is 6.60. The SMILES string of the molecule is CC(C)C(=O)Nc1ccc2c(c1)C(=O)N(C)[C@@H]1CC[C@H](CC(=O)NCc3cccc(F)c3)O[C@H]1CO2. The molecular weight excluding hydrogens is 465 g/mol. The monoisotopic (exact) mass is 497 g/mol. The molecule has 2 N–H and O–H groups in total. The van der Waals surface area contributed by atoms with Gasteiger partial charge in [0, 0.05) is 25.2 Å². The number of likely N-dealkylation sites (N-methyl/N-ethyl adjacent to an activating group) is 1. The minimum Gasteiger partial charge on any atom is -0.490 e. The second-order valence-electron chi connectivity index (χ2n) is 9.63. The van der Waals surface area contributed by atoms with Gasteiger partial charge >= 0.3 is 0 Å². The van der Waals surface area contributed by atoms with Crippen LogP contribution < -0.4 is 15.4 Å². The second kappa shape index (κ2) is 11.1. The summed E-state index contributed by atoms with van der Waals surface area (Å²) in [7, 11) is 1.74. The zero-order chi connectivity index (χ0) is 25.8. The maximum Gasteiger partial charge on any atom is 0.257 e. The highest BCUT2D eigenvalue weighted by Gasteiger charge is 2.39. The Balaban J connectivity index is 1.38. The number of carbonyl (C=O) groups is 3. The van der Waals surface area contributed by atoms with Crippen LogP contribution in [0.2, 0.25) is 0 Å². The third kappa shape index (κ3) is 6.02. The molecule has 4 rings (SSSR count). The molecule has 0 bridgehead atoms. The molecule has 0 aromatic heterocycles. The first-order valence-corrected chi connectivity index (χ1v) is 12.2. The van der Waals surface area contributed by atoms with Crippen molar-refractivity contribution in [3.8, 4) is 5.75 Å². The molecule has 3 atom stereocenters. The Morgan fingerprint density at radius 1 is 1.17 bits per heavy atom. The molecule has 192 valence electrons. The Morgan fingerprint density at radius 3 is 2.72 bits per heavy atom. The van der Waals surface area contributed by atoms with Crippen molar-refractivity contribution >= 4 is 23.4 Å². The first-order valence-electron chi connectivity index (χ1n) is 12.2. The first kappa shape index (κ1) is 25.6. The molecule has 1 fully saturated rings. The van der Waals surface area contributed by atoms with E-state index in [2.05, 4.69) is 10.6 Å². The lowest BCUT2D eigenvalue weighted by atomic mass is 9.94. The Hall–Kier alpha value is -3.46. The van der Waals surface area contributed by atoms with Crippen molar-refractivity contribution < 1.29 is 28.2 Å². The molecule has 0 saturated carbocycles. The summed E-state index contributed by atoms with van der Waals surface area (Å²) >= 11 is 0. The number of benzene rings is 2. The second-order valence-corrected chi connectivity index (χ2v) is 9.63. The molecule has 2 aromatic carbocycles. The first-order chi connectivity index (χ1) is 17.2. The summed E-state index contributed by atoms with van der Waals surface area (Å²) in [4.78, 5) is 39.5. The van der Waals surface area contributed by atoms with E-state index in [0.717, 1.165) is 0 Å². The maximum atomic E-state index is 13.3. The van der Waals surface area contributed by atoms with Gasteiger partial charge in [-0.1, -0.05) is 26.0 Å². The number of carbonyl (C=O) groups excluding carboxylic acids is 3. The fourth-order valence-corrected chi connectivity index (χ4v) is 4.52. The lowest BCUT2D eigenvalue weighted by Gasteiger charge is -2.42. The van der Waals surface area contributed by atoms with Gasteiger partial charge in [0.1, 0.15) is 24.3 Å². The number of halogens is 1. The predicted octanol–water partition coefficient (Wildman–Crippen LogP) is 3.51. The molecule has 0 aliphatic carbocycles. The molecule has 8 nitrogen and oxygen atoms in total. The van der Waals surface area contributed by atoms with Crippen LogP contribution in [0.3, 0.4) is 0 Å². The van der Waals surface area contributed by atoms with Crippen molar-refractivity contribution in [2.45, 2.75) is 57.9 Å². The lowest BCUT2D eigenvalue weighted by molar-refractivity contribution is -0.134. The summed E-state index contributed by atoms with van der Waals surface area (Å²) in [5.41, 5.74) is 1.61. The normalized spacial score (nSPS) is 21.5. The summed E-state index contributed by atoms with van der Waals surface area (Å²) in [6.07, 6.45) is 0.757. The molecule has 0 unspecified atom stereocenters. The molecule has 2 aliphatic rings. The Bertz CT molecular complexity index is 1140. The van der Waals surface area contributed by atoms with Crippen LogP contribution in [0.1, 0.15) is 49.0 Å². The van der Waals surface area contributed by atoms with Crippen molar-refractivity contribution in [1.29, 1.82) is 0 Å². The quantitative estimate of drug-likeness (QED) is 0.637. The average Bonchev–Trinajstić information content (AvgIpc) is 2.85. The van der Waals surface area contributed by atoms with E-state index in [4.69, 9.17) is 9.47 Å². The van der Waals surface area contributed by atoms with Gasteiger partial charge in [-0.15, -0.1) is 0 Å². The molecule has 2 aromatic rings. The number of amides is 3. The highest BCUT2D eigenvalue weighted by molar-refractivity contribution is 6.00. The van der Waals surface area contributed by atoms with E-state index in [1.807, 2.05) is 0 Å². The summed E-state index contributed by atoms with van der Waals surface area (Å²) in [6.45, 7) is 4.07. The van der Waals surface area contributed by atoms with Gasteiger partial charge in [0.05, 0.1) is 24.1 Å². The van der Waals surface area contributed by atoms with Crippen molar-refractivity contribution in [2.24, 2.45) is 5.92 Å². The van der Waals surface area contributed by atoms with Crippen LogP contribution in [0.25, 0.3) is 0 Å². The number of ether oxygens (including phenoxy) is 2. The lowest BCUT2D eigenvalue weighted by Crippen LogP contribution is -2.53. The predicted molar refractivity (Wildman–Crippen MR) is 132 cm³/mol. The van der Waals surface area contributed by atoms with Gasteiger partial charge < -0.3 is 25.0 Å². The van der Waals surface area contributed by atoms with E-state index in [9.17, 15) is 18.8 Å². The van der Waals surface area contributed by atoms with E-state index < -0.39 is 0 Å². The number of fused-ring (bicyclic) bond motifs is 2. The van der Waals surface area contributed by atoms with Gasteiger partial charge in [0.25, 0.3) is 5.91 Å². The van der Waals surface area contributed by atoms with Gasteiger partial charge in [-0.3, -0.25) is 14.4 Å². The maximum absolute atomic E-state index is 13.3. The molecule has 9 heteroatoms. The van der Waals surface area contributed by atoms with E-state index in [1.54, 1.807) is 56.1 Å². The number of hydrogen-bond donors (Lipinski definition) is 2. The van der Waals surface area contributed by atoms with Crippen molar-refractivity contribution in [2.75, 3.05) is 19.0 Å². The molecule has 2 aliphatic heterocycles. The van der Waals surface area contributed by atoms with Gasteiger partial charge in [-0.25, -0.2) is 4.39 Å². The third-order valence-electron chi connectivity index (χ3n) is 6.60. The van der Waals surface area contributed by atoms with E-state index >= 15 is 0 Å². The zero-order valence-electron chi connectivity index (χ0n) is 20.8. The van der Waals surface area contributed by atoms with Crippen LogP contribution in [0.5, 0.6) is 5.75 Å². The van der Waals surface area contributed by atoms with Crippen LogP contribution in [-0.2, 0) is 20.9 Å². The fourth-order valence-electron chi connectivity index (χ4n) is 4.52. The summed E-state index contributed by atoms with van der Waals surface area (Å²) in [5.74, 6) is -0.626. The Labute approximate surface area is 210 Å². The van der Waals surface area contributed by atoms with Crippen molar-refractivity contribution in [1.82, 2.24) is 10.2 Å². The van der Waals surface area contributed by atoms with Crippen LogP contribution in [0, 0.1) is 11.7 Å². The van der Waals surface area contributed by atoms with E-state index in [1.165, 1.54) is 12.1 Å². The van der Waals surface area contributed by atoms with Crippen LogP contribution in [-0.4, -0.2) is 54.5 Å². The highest BCUT2D eigenvalue weighted by Crippen LogP contribution is 2.32. The van der Waals surface area contributed by atoms with Gasteiger partial charge in [-0.05, 0) is 48.7 Å². The average molecular weight is 498 g/mol. The number of anilines is 1. The summed E-state index contributed by atoms with van der Waals surface area (Å²) < 4.78 is 25.5. The number of hydrogen-bond acceptors (Lipinski definition) is 5. The molecular formula is C27H32FN3O5. The molecule has 3 amide bonds. The largest absolute Gasteiger partial charge is 0.490 e. The minimum atomic E-state index is -0.387. The number of nitrogens with zero attached hydrogens (tertiary/aromatic N) is 1. The van der Waals surface area contributed by atoms with Crippen molar-refractivity contribution in [3.63, 3.8) is 0 Å². The zero-order valence-corrected chi connectivity index (χ0v) is 20.8. The minimum absolute atomic E-state index is 0.130. The number of rotatable bonds is 6. The van der Waals surface area contributed by atoms with Crippen molar-refractivity contribution in [3.05, 3.63) is 59.4 Å². The van der Waals surface area contributed by atoms with Gasteiger partial charge in [0.15, 0.2) is 0 Å². The summed E-state index contributed by atoms with van der Waals surface area (Å²) in [5, 5.41) is 5.63. The van der Waals surface area contributed by atoms with Gasteiger partial charge in [-0.2, -0.15) is 0 Å². The molecule has 1 saturated heterocycles. The Morgan fingerprint density at radius 2 is 1.97 bits per heavy atom. The Kier molecular flexibility index (Phi) is 7.88. The molecule has 2 heterocycles. The summed E-state index contributed by atoms with van der Waals surface area (Å²) in [6, 6.07) is 10.9. The molecule has 36 heavy (non-hydrogen) atoms. The van der Waals surface area contributed by atoms with Crippen LogP contribution in [0.15, 0.2) is 42.5 Å². The number of nitrogens with one attached hydrogen (secondary N) is 2.